The normalized spacial score (nSPS) is 13.8. The fourth-order valence-electron chi connectivity index (χ4n) is 1.36. The third kappa shape index (κ3) is 2.15. The van der Waals surface area contributed by atoms with Crippen LogP contribution >= 0.6 is 0 Å². The summed E-state index contributed by atoms with van der Waals surface area (Å²) in [5.41, 5.74) is 0. The molecule has 2 heterocycles. The van der Waals surface area contributed by atoms with Crippen molar-refractivity contribution in [2.75, 3.05) is 0 Å². The average molecular weight is 248 g/mol. The summed E-state index contributed by atoms with van der Waals surface area (Å²) in [5.74, 6) is 2.49. The van der Waals surface area contributed by atoms with Crippen LogP contribution in [0.1, 0.15) is 0 Å². The number of hydrogen-bond acceptors (Lipinski definition) is 6. The van der Waals surface area contributed by atoms with Crippen LogP contribution in [-0.4, -0.2) is 0 Å². The van der Waals surface area contributed by atoms with E-state index in [1.807, 2.05) is 24.3 Å². The van der Waals surface area contributed by atoms with Gasteiger partial charge >= 0.3 is 0 Å². The fraction of sp³-hybridized carbons (Fsp3) is 0. The van der Waals surface area contributed by atoms with Crippen LogP contribution in [0.25, 0.3) is 0 Å². The first-order valence-corrected chi connectivity index (χ1v) is 5.14. The molecule has 0 bridgehead atoms. The highest BCUT2D eigenvalue weighted by atomic mass is 17.5. The van der Waals surface area contributed by atoms with Gasteiger partial charge in [0, 0.05) is 10.1 Å². The molecule has 0 saturated carbocycles. The average Bonchev–Trinajstić information content (AvgIpc) is 3.08. The second-order valence-corrected chi connectivity index (χ2v) is 3.36. The van der Waals surface area contributed by atoms with E-state index in [1.54, 1.807) is 24.3 Å². The van der Waals surface area contributed by atoms with Gasteiger partial charge in [0.2, 0.25) is 23.0 Å². The minimum Gasteiger partial charge on any atom is -0.295 e. The lowest BCUT2D eigenvalue weighted by Crippen LogP contribution is -1.87. The molecule has 0 fully saturated rings. The van der Waals surface area contributed by atoms with Gasteiger partial charge in [-0.15, -0.1) is 0 Å². The predicted octanol–water partition coefficient (Wildman–Crippen LogP) is 2.61. The Bertz CT molecular complexity index is 446. The second-order valence-electron chi connectivity index (χ2n) is 3.36. The quantitative estimate of drug-likeness (QED) is 0.668. The van der Waals surface area contributed by atoms with Crippen LogP contribution in [-0.2, 0) is 10.1 Å². The lowest BCUT2D eigenvalue weighted by atomic mass is 10.3. The van der Waals surface area contributed by atoms with Crippen LogP contribution in [0, 0.1) is 0 Å². The molecule has 0 aliphatic carbocycles. The fourth-order valence-corrected chi connectivity index (χ4v) is 1.36. The van der Waals surface area contributed by atoms with Gasteiger partial charge in [-0.2, -0.15) is 0 Å². The van der Waals surface area contributed by atoms with Gasteiger partial charge in [-0.3, -0.25) is 19.6 Å². The summed E-state index contributed by atoms with van der Waals surface area (Å²) < 4.78 is 0. The Labute approximate surface area is 102 Å². The molecule has 2 aromatic carbocycles. The Hall–Kier alpha value is -2.44. The van der Waals surface area contributed by atoms with Crippen molar-refractivity contribution in [1.29, 1.82) is 0 Å². The Morgan fingerprint density at radius 1 is 0.444 bits per heavy atom. The van der Waals surface area contributed by atoms with E-state index in [9.17, 15) is 0 Å². The zero-order chi connectivity index (χ0) is 12.2. The summed E-state index contributed by atoms with van der Waals surface area (Å²) in [5, 5.41) is 8.43. The van der Waals surface area contributed by atoms with Crippen molar-refractivity contribution in [3.05, 3.63) is 48.5 Å². The molecule has 6 heteroatoms. The maximum atomic E-state index is 4.58. The first-order chi connectivity index (χ1) is 8.93. The topological polar surface area (TPSA) is 55.4 Å². The zero-order valence-electron chi connectivity index (χ0n) is 9.07. The van der Waals surface area contributed by atoms with E-state index >= 15 is 0 Å². The largest absolute Gasteiger partial charge is 0.295 e. The first kappa shape index (κ1) is 10.7. The molecule has 2 aromatic rings. The predicted molar refractivity (Wildman–Crippen MR) is 57.6 cm³/mol. The minimum atomic E-state index is 0.623. The molecular formula is C12H8O6. The van der Waals surface area contributed by atoms with Crippen LogP contribution in [0.15, 0.2) is 48.5 Å². The molecular weight excluding hydrogens is 240 g/mol. The molecule has 0 N–H and O–H groups in total. The van der Waals surface area contributed by atoms with Crippen molar-refractivity contribution in [3.63, 3.8) is 0 Å². The minimum absolute atomic E-state index is 0.623. The van der Waals surface area contributed by atoms with Crippen molar-refractivity contribution in [1.82, 2.24) is 0 Å². The molecule has 0 saturated heterocycles. The Morgan fingerprint density at radius 2 is 0.722 bits per heavy atom. The van der Waals surface area contributed by atoms with E-state index in [2.05, 4.69) is 29.6 Å². The monoisotopic (exact) mass is 248 g/mol. The molecule has 18 heavy (non-hydrogen) atoms. The Kier molecular flexibility index (Phi) is 2.87. The van der Waals surface area contributed by atoms with E-state index < -0.39 is 0 Å². The molecule has 0 spiro atoms. The maximum absolute atomic E-state index is 4.58. The van der Waals surface area contributed by atoms with Gasteiger partial charge in [0.15, 0.2) is 0 Å². The third-order valence-corrected chi connectivity index (χ3v) is 2.19. The second kappa shape index (κ2) is 4.82. The van der Waals surface area contributed by atoms with E-state index in [0.29, 0.717) is 23.0 Å². The van der Waals surface area contributed by atoms with Crippen LogP contribution in [0.2, 0.25) is 0 Å². The van der Waals surface area contributed by atoms with Crippen LogP contribution < -0.4 is 19.6 Å². The highest BCUT2D eigenvalue weighted by Crippen LogP contribution is 2.31. The van der Waals surface area contributed by atoms with Crippen molar-refractivity contribution < 1.29 is 29.6 Å². The van der Waals surface area contributed by atoms with Gasteiger partial charge in [0.25, 0.3) is 0 Å². The Morgan fingerprint density at radius 3 is 1.00 bits per heavy atom. The van der Waals surface area contributed by atoms with Crippen LogP contribution in [0.3, 0.4) is 0 Å². The highest BCUT2D eigenvalue weighted by Gasteiger charge is 2.14. The van der Waals surface area contributed by atoms with Gasteiger partial charge in [-0.05, 0) is 24.3 Å². The van der Waals surface area contributed by atoms with Crippen molar-refractivity contribution in [3.8, 4) is 23.0 Å². The number of para-hydroxylation sites is 4. The number of rotatable bonds is 0. The molecule has 2 aliphatic heterocycles. The zero-order valence-corrected chi connectivity index (χ0v) is 9.07. The van der Waals surface area contributed by atoms with Gasteiger partial charge in [0.1, 0.15) is 0 Å². The van der Waals surface area contributed by atoms with Crippen molar-refractivity contribution in [2.45, 2.75) is 0 Å². The molecule has 2 aliphatic rings. The number of benzene rings is 2. The maximum Gasteiger partial charge on any atom is 0.215 e. The molecule has 0 unspecified atom stereocenters. The summed E-state index contributed by atoms with van der Waals surface area (Å²) in [6.45, 7) is 0. The summed E-state index contributed by atoms with van der Waals surface area (Å²) in [4.78, 5) is 18.3. The molecule has 0 radical (unpaired) electrons. The summed E-state index contributed by atoms with van der Waals surface area (Å²) >= 11 is 0. The third-order valence-electron chi connectivity index (χ3n) is 2.19. The lowest BCUT2D eigenvalue weighted by molar-refractivity contribution is -0.384. The van der Waals surface area contributed by atoms with Crippen molar-refractivity contribution in [2.24, 2.45) is 0 Å². The van der Waals surface area contributed by atoms with E-state index in [-0.39, 0.29) is 0 Å². The number of fused-ring (bicyclic) bond motifs is 2. The van der Waals surface area contributed by atoms with Crippen molar-refractivity contribution >= 4 is 0 Å². The smallest absolute Gasteiger partial charge is 0.215 e. The van der Waals surface area contributed by atoms with Gasteiger partial charge < -0.3 is 0 Å². The first-order valence-electron chi connectivity index (χ1n) is 5.14. The van der Waals surface area contributed by atoms with Crippen LogP contribution in [0.4, 0.5) is 0 Å². The van der Waals surface area contributed by atoms with Crippen LogP contribution in [0.5, 0.6) is 23.0 Å². The Balaban J connectivity index is 0.000000111. The molecule has 6 nitrogen and oxygen atoms in total. The summed E-state index contributed by atoms with van der Waals surface area (Å²) in [6.07, 6.45) is 0. The van der Waals surface area contributed by atoms with E-state index in [0.717, 1.165) is 0 Å². The molecule has 0 atom stereocenters. The van der Waals surface area contributed by atoms with Gasteiger partial charge in [0.05, 0.1) is 0 Å². The number of hydrogen-bond donors (Lipinski definition) is 0. The van der Waals surface area contributed by atoms with E-state index in [1.165, 1.54) is 0 Å². The van der Waals surface area contributed by atoms with E-state index in [4.69, 9.17) is 0 Å². The lowest BCUT2D eigenvalue weighted by Gasteiger charge is -1.84. The summed E-state index contributed by atoms with van der Waals surface area (Å²) in [7, 11) is 0. The SMILES string of the molecule is c1ccc2c(c1)OOO2.c1ccc2c(c1)OOO2. The standard InChI is InChI=1S/2C6H4O3/c2*1-2-4-6-5(3-1)7-9-8-6/h2*1-4H. The van der Waals surface area contributed by atoms with Gasteiger partial charge in [-0.25, -0.2) is 0 Å². The highest BCUT2D eigenvalue weighted by molar-refractivity contribution is 5.40. The molecule has 92 valence electrons. The molecule has 0 aromatic heterocycles. The van der Waals surface area contributed by atoms with Gasteiger partial charge in [-0.1, -0.05) is 24.3 Å². The molecule has 0 amide bonds. The summed E-state index contributed by atoms with van der Waals surface area (Å²) in [6, 6.07) is 14.4. The molecule has 4 rings (SSSR count).